The summed E-state index contributed by atoms with van der Waals surface area (Å²) in [7, 11) is 2.16. The zero-order valence-electron chi connectivity index (χ0n) is 15.0. The number of benzene rings is 1. The average Bonchev–Trinajstić information content (AvgIpc) is 2.90. The van der Waals surface area contributed by atoms with Crippen LogP contribution in [0.25, 0.3) is 10.2 Å². The van der Waals surface area contributed by atoms with Crippen molar-refractivity contribution in [3.8, 4) is 0 Å². The van der Waals surface area contributed by atoms with Crippen LogP contribution in [0.4, 0.5) is 10.9 Å². The minimum Gasteiger partial charge on any atom is -0.384 e. The van der Waals surface area contributed by atoms with E-state index in [9.17, 15) is 0 Å². The van der Waals surface area contributed by atoms with Crippen LogP contribution in [0.3, 0.4) is 0 Å². The number of hydrogen-bond acceptors (Lipinski definition) is 7. The van der Waals surface area contributed by atoms with E-state index in [1.165, 1.54) is 17.5 Å². The Morgan fingerprint density at radius 3 is 2.92 bits per heavy atom. The van der Waals surface area contributed by atoms with Gasteiger partial charge in [-0.15, -0.1) is 0 Å². The van der Waals surface area contributed by atoms with E-state index in [0.29, 0.717) is 11.9 Å². The highest BCUT2D eigenvalue weighted by atomic mass is 32.1. The fourth-order valence-electron chi connectivity index (χ4n) is 3.55. The SMILES string of the molecule is CN(Cc1nccc(N)n1)[C@@H]1CCCN(c2nc3ccccc3s2)CC1. The molecule has 2 aromatic heterocycles. The maximum Gasteiger partial charge on any atom is 0.186 e. The van der Waals surface area contributed by atoms with E-state index in [0.717, 1.165) is 42.5 Å². The van der Waals surface area contributed by atoms with Gasteiger partial charge in [-0.1, -0.05) is 23.5 Å². The molecule has 3 heterocycles. The van der Waals surface area contributed by atoms with Crippen LogP contribution in [-0.2, 0) is 6.54 Å². The van der Waals surface area contributed by atoms with Gasteiger partial charge in [0.05, 0.1) is 16.8 Å². The van der Waals surface area contributed by atoms with Gasteiger partial charge in [-0.3, -0.25) is 4.90 Å². The lowest BCUT2D eigenvalue weighted by molar-refractivity contribution is 0.212. The minimum absolute atomic E-state index is 0.527. The second-order valence-electron chi connectivity index (χ2n) is 6.85. The van der Waals surface area contributed by atoms with Gasteiger partial charge in [-0.2, -0.15) is 0 Å². The fraction of sp³-hybridized carbons (Fsp3) is 0.421. The molecule has 4 rings (SSSR count). The largest absolute Gasteiger partial charge is 0.384 e. The first-order valence-electron chi connectivity index (χ1n) is 9.07. The molecule has 0 bridgehead atoms. The van der Waals surface area contributed by atoms with Crippen LogP contribution < -0.4 is 10.6 Å². The normalized spacial score (nSPS) is 18.4. The molecule has 1 saturated heterocycles. The maximum atomic E-state index is 5.77. The summed E-state index contributed by atoms with van der Waals surface area (Å²) in [6.45, 7) is 2.84. The molecule has 1 atom stereocenters. The van der Waals surface area contributed by atoms with Gasteiger partial charge in [0, 0.05) is 25.3 Å². The van der Waals surface area contributed by atoms with Crippen LogP contribution in [0.1, 0.15) is 25.1 Å². The number of nitrogen functional groups attached to an aromatic ring is 1. The molecule has 136 valence electrons. The topological polar surface area (TPSA) is 71.2 Å². The highest BCUT2D eigenvalue weighted by Crippen LogP contribution is 2.30. The van der Waals surface area contributed by atoms with Gasteiger partial charge in [0.2, 0.25) is 0 Å². The Labute approximate surface area is 157 Å². The van der Waals surface area contributed by atoms with Crippen molar-refractivity contribution in [3.63, 3.8) is 0 Å². The second-order valence-corrected chi connectivity index (χ2v) is 7.86. The predicted octanol–water partition coefficient (Wildman–Crippen LogP) is 3.16. The van der Waals surface area contributed by atoms with E-state index in [-0.39, 0.29) is 0 Å². The zero-order valence-corrected chi connectivity index (χ0v) is 15.8. The van der Waals surface area contributed by atoms with Gasteiger partial charge in [-0.05, 0) is 44.5 Å². The molecule has 0 spiro atoms. The summed E-state index contributed by atoms with van der Waals surface area (Å²) in [6.07, 6.45) is 5.20. The molecule has 1 fully saturated rings. The van der Waals surface area contributed by atoms with Crippen LogP contribution in [0, 0.1) is 0 Å². The monoisotopic (exact) mass is 368 g/mol. The number of thiazole rings is 1. The smallest absolute Gasteiger partial charge is 0.186 e. The van der Waals surface area contributed by atoms with Crippen molar-refractivity contribution >= 4 is 32.5 Å². The predicted molar refractivity (Wildman–Crippen MR) is 107 cm³/mol. The summed E-state index contributed by atoms with van der Waals surface area (Å²) in [5, 5.41) is 1.15. The van der Waals surface area contributed by atoms with Crippen molar-refractivity contribution in [2.45, 2.75) is 31.8 Å². The molecule has 0 amide bonds. The van der Waals surface area contributed by atoms with Crippen molar-refractivity contribution in [1.29, 1.82) is 0 Å². The Hall–Kier alpha value is -2.25. The van der Waals surface area contributed by atoms with Gasteiger partial charge in [0.25, 0.3) is 0 Å². The molecule has 0 unspecified atom stereocenters. The summed E-state index contributed by atoms with van der Waals surface area (Å²) < 4.78 is 1.26. The number of hydrogen-bond donors (Lipinski definition) is 1. The summed E-state index contributed by atoms with van der Waals surface area (Å²) in [4.78, 5) is 18.3. The Morgan fingerprint density at radius 1 is 1.19 bits per heavy atom. The number of fused-ring (bicyclic) bond motifs is 1. The standard InChI is InChI=1S/C19H24N6S/c1-24(13-18-21-10-8-17(20)23-18)14-5-4-11-25(12-9-14)19-22-15-6-2-3-7-16(15)26-19/h2-3,6-8,10,14H,4-5,9,11-13H2,1H3,(H2,20,21,23)/t14-/m1/s1. The van der Waals surface area contributed by atoms with Crippen molar-refractivity contribution in [1.82, 2.24) is 19.9 Å². The van der Waals surface area contributed by atoms with Gasteiger partial charge in [0.15, 0.2) is 5.13 Å². The van der Waals surface area contributed by atoms with Gasteiger partial charge < -0.3 is 10.6 Å². The first-order chi connectivity index (χ1) is 12.7. The number of nitrogens with zero attached hydrogens (tertiary/aromatic N) is 5. The molecule has 26 heavy (non-hydrogen) atoms. The Bertz CT molecular complexity index is 846. The van der Waals surface area contributed by atoms with E-state index in [4.69, 9.17) is 10.7 Å². The Balaban J connectivity index is 1.41. The minimum atomic E-state index is 0.527. The van der Waals surface area contributed by atoms with Gasteiger partial charge >= 0.3 is 0 Å². The molecule has 3 aromatic rings. The molecular weight excluding hydrogens is 344 g/mol. The van der Waals surface area contributed by atoms with Crippen LogP contribution in [0.5, 0.6) is 0 Å². The average molecular weight is 369 g/mol. The van der Waals surface area contributed by atoms with Gasteiger partial charge in [0.1, 0.15) is 11.6 Å². The number of nitrogens with two attached hydrogens (primary N) is 1. The van der Waals surface area contributed by atoms with Gasteiger partial charge in [-0.25, -0.2) is 15.0 Å². The Morgan fingerprint density at radius 2 is 2.08 bits per heavy atom. The van der Waals surface area contributed by atoms with E-state index in [2.05, 4.69) is 51.1 Å². The zero-order chi connectivity index (χ0) is 17.9. The maximum absolute atomic E-state index is 5.77. The van der Waals surface area contributed by atoms with E-state index in [1.54, 1.807) is 23.6 Å². The highest BCUT2D eigenvalue weighted by Gasteiger charge is 2.22. The summed E-state index contributed by atoms with van der Waals surface area (Å²) >= 11 is 1.79. The van der Waals surface area contributed by atoms with Crippen molar-refractivity contribution in [2.24, 2.45) is 0 Å². The number of para-hydroxylation sites is 1. The van der Waals surface area contributed by atoms with Crippen LogP contribution >= 0.6 is 11.3 Å². The summed E-state index contributed by atoms with van der Waals surface area (Å²) in [5.41, 5.74) is 6.87. The van der Waals surface area contributed by atoms with Crippen LogP contribution in [0.2, 0.25) is 0 Å². The van der Waals surface area contributed by atoms with Crippen LogP contribution in [0.15, 0.2) is 36.5 Å². The molecule has 0 saturated carbocycles. The first kappa shape index (κ1) is 17.2. The molecule has 1 aliphatic heterocycles. The van der Waals surface area contributed by atoms with E-state index >= 15 is 0 Å². The van der Waals surface area contributed by atoms with Crippen molar-refractivity contribution in [2.75, 3.05) is 30.8 Å². The Kier molecular flexibility index (Phi) is 4.99. The molecule has 6 nitrogen and oxygen atoms in total. The quantitative estimate of drug-likeness (QED) is 0.763. The molecule has 0 radical (unpaired) electrons. The number of rotatable bonds is 4. The van der Waals surface area contributed by atoms with Crippen molar-refractivity contribution in [3.05, 3.63) is 42.4 Å². The number of anilines is 2. The molecule has 1 aromatic carbocycles. The fourth-order valence-corrected chi connectivity index (χ4v) is 4.57. The lowest BCUT2D eigenvalue weighted by Crippen LogP contribution is -2.33. The summed E-state index contributed by atoms with van der Waals surface area (Å²) in [6, 6.07) is 10.6. The molecular formula is C19H24N6S. The first-order valence-corrected chi connectivity index (χ1v) is 9.89. The van der Waals surface area contributed by atoms with Crippen molar-refractivity contribution < 1.29 is 0 Å². The molecule has 2 N–H and O–H groups in total. The summed E-state index contributed by atoms with van der Waals surface area (Å²) in [5.74, 6) is 1.33. The highest BCUT2D eigenvalue weighted by molar-refractivity contribution is 7.22. The third-order valence-electron chi connectivity index (χ3n) is 4.99. The van der Waals surface area contributed by atoms with E-state index in [1.807, 2.05) is 0 Å². The second kappa shape index (κ2) is 7.55. The lowest BCUT2D eigenvalue weighted by Gasteiger charge is -2.26. The van der Waals surface area contributed by atoms with Crippen LogP contribution in [-0.4, -0.2) is 46.0 Å². The molecule has 0 aliphatic carbocycles. The molecule has 1 aliphatic rings. The third kappa shape index (κ3) is 3.78. The molecule has 7 heteroatoms. The van der Waals surface area contributed by atoms with E-state index < -0.39 is 0 Å². The number of aromatic nitrogens is 3. The lowest BCUT2D eigenvalue weighted by atomic mass is 10.1. The third-order valence-corrected chi connectivity index (χ3v) is 6.09.